The molecule has 2 aliphatic heterocycles. The second-order valence-electron chi connectivity index (χ2n) is 11.5. The van der Waals surface area contributed by atoms with Crippen LogP contribution in [0, 0.1) is 0 Å². The molecule has 5 aromatic rings. The summed E-state index contributed by atoms with van der Waals surface area (Å²) in [7, 11) is 0. The monoisotopic (exact) mass is 565 g/mol. The molecule has 2 amide bonds. The predicted molar refractivity (Wildman–Crippen MR) is 171 cm³/mol. The highest BCUT2D eigenvalue weighted by Gasteiger charge is 2.30. The zero-order chi connectivity index (χ0) is 29.2. The van der Waals surface area contributed by atoms with E-state index in [1.165, 1.54) is 11.1 Å². The van der Waals surface area contributed by atoms with Crippen molar-refractivity contribution in [2.24, 2.45) is 0 Å². The Kier molecular flexibility index (Phi) is 7.38. The fourth-order valence-corrected chi connectivity index (χ4v) is 6.62. The lowest BCUT2D eigenvalue weighted by Crippen LogP contribution is -2.36. The molecule has 0 bridgehead atoms. The summed E-state index contributed by atoms with van der Waals surface area (Å²) in [6.45, 7) is 2.63. The number of carbonyl (C=O) groups excluding carboxylic acids is 2. The maximum absolute atomic E-state index is 14.5. The van der Waals surface area contributed by atoms with Crippen LogP contribution in [0.25, 0.3) is 11.3 Å². The van der Waals surface area contributed by atoms with Gasteiger partial charge in [-0.15, -0.1) is 0 Å². The van der Waals surface area contributed by atoms with Gasteiger partial charge in [-0.2, -0.15) is 0 Å². The van der Waals surface area contributed by atoms with Gasteiger partial charge in [0.2, 0.25) is 0 Å². The summed E-state index contributed by atoms with van der Waals surface area (Å²) in [6.07, 6.45) is 3.79. The molecule has 5 heteroatoms. The fraction of sp³-hybridized carbons (Fsp3) is 0.211. The summed E-state index contributed by atoms with van der Waals surface area (Å²) in [5, 5.41) is 0. The SMILES string of the molecule is O=C(c1ccccc1-c1cc(C(=O)N(Cc2ccccc2)c2ccccc2)c2n1CCCC2)N1CCc2ccccc2C1. The average molecular weight is 566 g/mol. The molecule has 3 heterocycles. The van der Waals surface area contributed by atoms with E-state index in [0.717, 1.165) is 66.0 Å². The minimum atomic E-state index is -0.0107. The van der Waals surface area contributed by atoms with Crippen LogP contribution in [0.1, 0.15) is 55.9 Å². The van der Waals surface area contributed by atoms with Crippen molar-refractivity contribution in [1.29, 1.82) is 0 Å². The number of carbonyl (C=O) groups is 2. The van der Waals surface area contributed by atoms with Crippen molar-refractivity contribution in [3.63, 3.8) is 0 Å². The smallest absolute Gasteiger partial charge is 0.260 e. The number of para-hydroxylation sites is 1. The van der Waals surface area contributed by atoms with Crippen molar-refractivity contribution < 1.29 is 9.59 Å². The maximum atomic E-state index is 14.5. The molecule has 0 atom stereocenters. The van der Waals surface area contributed by atoms with E-state index >= 15 is 0 Å². The summed E-state index contributed by atoms with van der Waals surface area (Å²) in [4.78, 5) is 32.4. The minimum Gasteiger partial charge on any atom is -0.344 e. The van der Waals surface area contributed by atoms with Gasteiger partial charge >= 0.3 is 0 Å². The highest BCUT2D eigenvalue weighted by Crippen LogP contribution is 2.35. The van der Waals surface area contributed by atoms with Crippen molar-refractivity contribution in [1.82, 2.24) is 9.47 Å². The Hall–Kier alpha value is -4.90. The number of nitrogens with zero attached hydrogens (tertiary/aromatic N) is 3. The van der Waals surface area contributed by atoms with Gasteiger partial charge in [0, 0.05) is 47.8 Å². The van der Waals surface area contributed by atoms with Crippen LogP contribution in [-0.2, 0) is 32.5 Å². The Labute approximate surface area is 253 Å². The lowest BCUT2D eigenvalue weighted by atomic mass is 9.97. The molecule has 0 N–H and O–H groups in total. The predicted octanol–water partition coefficient (Wildman–Crippen LogP) is 7.54. The Balaban J connectivity index is 1.27. The third kappa shape index (κ3) is 5.27. The molecule has 0 unspecified atom stereocenters. The van der Waals surface area contributed by atoms with Crippen LogP contribution < -0.4 is 4.90 Å². The van der Waals surface area contributed by atoms with Gasteiger partial charge in [-0.05, 0) is 66.6 Å². The zero-order valence-corrected chi connectivity index (χ0v) is 24.3. The molecule has 0 spiro atoms. The topological polar surface area (TPSA) is 45.6 Å². The van der Waals surface area contributed by atoms with Gasteiger partial charge in [0.1, 0.15) is 0 Å². The molecule has 1 aromatic heterocycles. The summed E-state index contributed by atoms with van der Waals surface area (Å²) >= 11 is 0. The van der Waals surface area contributed by atoms with Crippen molar-refractivity contribution in [3.8, 4) is 11.3 Å². The first-order valence-corrected chi connectivity index (χ1v) is 15.3. The molecule has 2 aliphatic rings. The van der Waals surface area contributed by atoms with Crippen LogP contribution in [0.15, 0.2) is 115 Å². The van der Waals surface area contributed by atoms with Gasteiger partial charge in [0.05, 0.1) is 12.1 Å². The quantitative estimate of drug-likeness (QED) is 0.214. The van der Waals surface area contributed by atoms with E-state index in [2.05, 4.69) is 34.9 Å². The molecule has 0 saturated heterocycles. The standard InChI is InChI=1S/C38H35N3O2/c42-37(39-24-22-29-15-7-8-16-30(29)27-39)33-20-10-9-19-32(33)36-25-34(35-21-11-12-23-40(35)36)38(43)41(31-17-5-2-6-18-31)26-28-13-3-1-4-14-28/h1-10,13-20,25H,11-12,21-24,26-27H2. The number of anilines is 1. The maximum Gasteiger partial charge on any atom is 0.260 e. The Morgan fingerprint density at radius 1 is 0.674 bits per heavy atom. The van der Waals surface area contributed by atoms with Crippen LogP contribution in [0.4, 0.5) is 5.69 Å². The first kappa shape index (κ1) is 27.0. The van der Waals surface area contributed by atoms with Crippen LogP contribution in [-0.4, -0.2) is 27.8 Å². The Morgan fingerprint density at radius 3 is 2.19 bits per heavy atom. The largest absolute Gasteiger partial charge is 0.344 e. The number of rotatable bonds is 6. The molecule has 0 radical (unpaired) electrons. The van der Waals surface area contributed by atoms with E-state index in [4.69, 9.17) is 0 Å². The van der Waals surface area contributed by atoms with Gasteiger partial charge < -0.3 is 14.4 Å². The second kappa shape index (κ2) is 11.8. The second-order valence-corrected chi connectivity index (χ2v) is 11.5. The molecule has 214 valence electrons. The number of fused-ring (bicyclic) bond motifs is 2. The molecule has 7 rings (SSSR count). The van der Waals surface area contributed by atoms with E-state index in [0.29, 0.717) is 25.2 Å². The third-order valence-corrected chi connectivity index (χ3v) is 8.83. The van der Waals surface area contributed by atoms with Gasteiger partial charge in [-0.3, -0.25) is 9.59 Å². The van der Waals surface area contributed by atoms with Gasteiger partial charge in [-0.25, -0.2) is 0 Å². The van der Waals surface area contributed by atoms with E-state index < -0.39 is 0 Å². The lowest BCUT2D eigenvalue weighted by Gasteiger charge is -2.29. The Morgan fingerprint density at radius 2 is 1.37 bits per heavy atom. The minimum absolute atomic E-state index is 0.0107. The van der Waals surface area contributed by atoms with Crippen molar-refractivity contribution in [3.05, 3.63) is 149 Å². The van der Waals surface area contributed by atoms with Crippen LogP contribution in [0.3, 0.4) is 0 Å². The van der Waals surface area contributed by atoms with E-state index in [-0.39, 0.29) is 11.8 Å². The number of benzene rings is 4. The molecule has 43 heavy (non-hydrogen) atoms. The first-order valence-electron chi connectivity index (χ1n) is 15.3. The number of aromatic nitrogens is 1. The van der Waals surface area contributed by atoms with Crippen molar-refractivity contribution in [2.45, 2.75) is 45.3 Å². The summed E-state index contributed by atoms with van der Waals surface area (Å²) in [6, 6.07) is 38.4. The van der Waals surface area contributed by atoms with Gasteiger partial charge in [0.25, 0.3) is 11.8 Å². The fourth-order valence-electron chi connectivity index (χ4n) is 6.62. The molecular weight excluding hydrogens is 530 g/mol. The molecule has 4 aromatic carbocycles. The highest BCUT2D eigenvalue weighted by molar-refractivity contribution is 6.08. The molecule has 0 saturated carbocycles. The van der Waals surface area contributed by atoms with Crippen LogP contribution >= 0.6 is 0 Å². The Bertz CT molecular complexity index is 1770. The van der Waals surface area contributed by atoms with Crippen molar-refractivity contribution in [2.75, 3.05) is 11.4 Å². The van der Waals surface area contributed by atoms with Crippen molar-refractivity contribution >= 4 is 17.5 Å². The van der Waals surface area contributed by atoms with E-state index in [9.17, 15) is 9.59 Å². The molecule has 5 nitrogen and oxygen atoms in total. The number of amides is 2. The number of hydrogen-bond donors (Lipinski definition) is 0. The summed E-state index contributed by atoms with van der Waals surface area (Å²) in [5.74, 6) is 0.0303. The average Bonchev–Trinajstić information content (AvgIpc) is 3.47. The molecular formula is C38H35N3O2. The number of hydrogen-bond acceptors (Lipinski definition) is 2. The first-order chi connectivity index (χ1) is 21.2. The summed E-state index contributed by atoms with van der Waals surface area (Å²) in [5.41, 5.74) is 8.81. The lowest BCUT2D eigenvalue weighted by molar-refractivity contribution is 0.0735. The normalized spacial score (nSPS) is 14.1. The van der Waals surface area contributed by atoms with Gasteiger partial charge in [0.15, 0.2) is 0 Å². The zero-order valence-electron chi connectivity index (χ0n) is 24.3. The third-order valence-electron chi connectivity index (χ3n) is 8.83. The molecule has 0 fully saturated rings. The van der Waals surface area contributed by atoms with E-state index in [1.54, 1.807) is 0 Å². The van der Waals surface area contributed by atoms with Gasteiger partial charge in [-0.1, -0.05) is 91.0 Å². The van der Waals surface area contributed by atoms with Crippen LogP contribution in [0.5, 0.6) is 0 Å². The van der Waals surface area contributed by atoms with Crippen LogP contribution in [0.2, 0.25) is 0 Å². The molecule has 0 aliphatic carbocycles. The summed E-state index contributed by atoms with van der Waals surface area (Å²) < 4.78 is 2.29. The van der Waals surface area contributed by atoms with E-state index in [1.807, 2.05) is 94.7 Å². The highest BCUT2D eigenvalue weighted by atomic mass is 16.2.